The van der Waals surface area contributed by atoms with E-state index in [4.69, 9.17) is 23.7 Å². The minimum absolute atomic E-state index is 0.0369. The molecule has 104 valence electrons. The highest BCUT2D eigenvalue weighted by molar-refractivity contribution is 7.92. The van der Waals surface area contributed by atoms with E-state index in [1.165, 1.54) is 4.31 Å². The number of nitrogens with zero attached hydrogens (tertiary/aromatic N) is 1. The van der Waals surface area contributed by atoms with Crippen molar-refractivity contribution in [1.82, 2.24) is 4.31 Å². The van der Waals surface area contributed by atoms with Crippen LogP contribution in [0.4, 0.5) is 0 Å². The van der Waals surface area contributed by atoms with Gasteiger partial charge in [-0.1, -0.05) is 19.1 Å². The molecule has 4 N–H and O–H groups in total. The van der Waals surface area contributed by atoms with E-state index in [-0.39, 0.29) is 18.1 Å². The average molecular weight is 293 g/mol. The first kappa shape index (κ1) is 15.3. The highest BCUT2D eigenvalue weighted by Gasteiger charge is 2.45. The largest absolute Gasteiger partial charge is 0.392 e. The highest BCUT2D eigenvalue weighted by Crippen LogP contribution is 2.32. The van der Waals surface area contributed by atoms with Crippen molar-refractivity contribution in [3.63, 3.8) is 0 Å². The van der Waals surface area contributed by atoms with Crippen LogP contribution in [0.25, 0.3) is 0 Å². The summed E-state index contributed by atoms with van der Waals surface area (Å²) >= 11 is 4.79. The van der Waals surface area contributed by atoms with Crippen LogP contribution in [0.5, 0.6) is 0 Å². The molecular formula is C10H19N3O3S2. The number of primary amides is 1. The normalized spacial score (nSPS) is 27.0. The maximum atomic E-state index is 12.3. The van der Waals surface area contributed by atoms with Crippen molar-refractivity contribution in [2.45, 2.75) is 31.9 Å². The van der Waals surface area contributed by atoms with Gasteiger partial charge in [-0.2, -0.15) is 0 Å². The van der Waals surface area contributed by atoms with Crippen molar-refractivity contribution < 1.29 is 13.2 Å². The second-order valence-electron chi connectivity index (χ2n) is 4.85. The van der Waals surface area contributed by atoms with Gasteiger partial charge in [-0.05, 0) is 19.8 Å². The Balaban J connectivity index is 2.97. The maximum Gasteiger partial charge on any atom is 0.224 e. The van der Waals surface area contributed by atoms with Gasteiger partial charge in [0.25, 0.3) is 0 Å². The Morgan fingerprint density at radius 1 is 1.50 bits per heavy atom. The standard InChI is InChI=1S/C10H19N3O3S2/c1-3-7(8(11)17)18(15,16)13-5-4-10(2,6-13)9(12)14/h7H,3-6H2,1-2H3,(H2,11,17)(H2,12,14). The SMILES string of the molecule is CCC(C(N)=S)S(=O)(=O)N1CCC(C)(C(N)=O)C1. The monoisotopic (exact) mass is 293 g/mol. The van der Waals surface area contributed by atoms with Gasteiger partial charge in [0.15, 0.2) is 0 Å². The third kappa shape index (κ3) is 2.65. The minimum atomic E-state index is -3.60. The zero-order valence-electron chi connectivity index (χ0n) is 10.5. The van der Waals surface area contributed by atoms with E-state index in [2.05, 4.69) is 0 Å². The molecule has 0 aromatic heterocycles. The fourth-order valence-corrected chi connectivity index (χ4v) is 4.49. The van der Waals surface area contributed by atoms with Crippen LogP contribution in [0.2, 0.25) is 0 Å². The Bertz CT molecular complexity index is 463. The van der Waals surface area contributed by atoms with Gasteiger partial charge in [-0.25, -0.2) is 12.7 Å². The summed E-state index contributed by atoms with van der Waals surface area (Å²) in [6, 6.07) is 0. The van der Waals surface area contributed by atoms with Crippen molar-refractivity contribution in [1.29, 1.82) is 0 Å². The first-order valence-electron chi connectivity index (χ1n) is 5.73. The lowest BCUT2D eigenvalue weighted by Gasteiger charge is -2.24. The molecule has 0 bridgehead atoms. The molecule has 1 aliphatic rings. The van der Waals surface area contributed by atoms with Crippen molar-refractivity contribution in [2.24, 2.45) is 16.9 Å². The number of nitrogens with two attached hydrogens (primary N) is 2. The van der Waals surface area contributed by atoms with E-state index < -0.39 is 26.6 Å². The molecule has 0 aromatic rings. The Morgan fingerprint density at radius 2 is 2.06 bits per heavy atom. The van der Waals surface area contributed by atoms with Crippen molar-refractivity contribution in [3.8, 4) is 0 Å². The molecule has 0 aromatic carbocycles. The van der Waals surface area contributed by atoms with Gasteiger partial charge in [0.05, 0.1) is 10.4 Å². The summed E-state index contributed by atoms with van der Waals surface area (Å²) in [6.07, 6.45) is 0.747. The number of carbonyl (C=O) groups excluding carboxylic acids is 1. The number of thiocarbonyl (C=S) groups is 1. The first-order chi connectivity index (χ1) is 8.15. The molecule has 0 saturated carbocycles. The van der Waals surface area contributed by atoms with E-state index in [1.807, 2.05) is 0 Å². The second kappa shape index (κ2) is 5.10. The molecule has 1 saturated heterocycles. The number of carbonyl (C=O) groups is 1. The molecule has 1 amide bonds. The Hall–Kier alpha value is -0.730. The highest BCUT2D eigenvalue weighted by atomic mass is 32.2. The fraction of sp³-hybridized carbons (Fsp3) is 0.800. The summed E-state index contributed by atoms with van der Waals surface area (Å²) in [5.74, 6) is -0.483. The topological polar surface area (TPSA) is 106 Å². The summed E-state index contributed by atoms with van der Waals surface area (Å²) in [4.78, 5) is 11.3. The third-order valence-electron chi connectivity index (χ3n) is 3.44. The molecule has 0 aliphatic carbocycles. The third-order valence-corrected chi connectivity index (χ3v) is 6.21. The van der Waals surface area contributed by atoms with Crippen molar-refractivity contribution >= 4 is 33.1 Å². The van der Waals surface area contributed by atoms with Gasteiger partial charge in [0.2, 0.25) is 15.9 Å². The number of rotatable bonds is 5. The predicted octanol–water partition coefficient (Wildman–Crippen LogP) is -0.422. The zero-order chi connectivity index (χ0) is 14.1. The molecule has 8 heteroatoms. The van der Waals surface area contributed by atoms with Crippen molar-refractivity contribution in [2.75, 3.05) is 13.1 Å². The van der Waals surface area contributed by atoms with Gasteiger partial charge in [-0.15, -0.1) is 0 Å². The van der Waals surface area contributed by atoms with Crippen LogP contribution in [-0.4, -0.2) is 42.0 Å². The van der Waals surface area contributed by atoms with E-state index in [0.29, 0.717) is 12.8 Å². The van der Waals surface area contributed by atoms with Gasteiger partial charge in [-0.3, -0.25) is 4.79 Å². The maximum absolute atomic E-state index is 12.3. The van der Waals surface area contributed by atoms with E-state index >= 15 is 0 Å². The van der Waals surface area contributed by atoms with E-state index in [9.17, 15) is 13.2 Å². The molecule has 18 heavy (non-hydrogen) atoms. The number of hydrogen-bond acceptors (Lipinski definition) is 4. The van der Waals surface area contributed by atoms with Crippen molar-refractivity contribution in [3.05, 3.63) is 0 Å². The fourth-order valence-electron chi connectivity index (χ4n) is 2.08. The summed E-state index contributed by atoms with van der Waals surface area (Å²) < 4.78 is 25.9. The molecule has 1 aliphatic heterocycles. The minimum Gasteiger partial charge on any atom is -0.392 e. The Morgan fingerprint density at radius 3 is 2.39 bits per heavy atom. The van der Waals surface area contributed by atoms with Gasteiger partial charge in [0.1, 0.15) is 5.25 Å². The molecule has 2 unspecified atom stereocenters. The second-order valence-corrected chi connectivity index (χ2v) is 7.44. The van der Waals surface area contributed by atoms with Crippen LogP contribution in [0.15, 0.2) is 0 Å². The number of amides is 1. The lowest BCUT2D eigenvalue weighted by Crippen LogP contribution is -2.45. The van der Waals surface area contributed by atoms with Crippen LogP contribution in [0, 0.1) is 5.41 Å². The summed E-state index contributed by atoms with van der Waals surface area (Å²) in [7, 11) is -3.60. The smallest absolute Gasteiger partial charge is 0.224 e. The molecule has 0 radical (unpaired) electrons. The number of sulfonamides is 1. The average Bonchev–Trinajstić information content (AvgIpc) is 2.63. The Labute approximate surface area is 113 Å². The van der Waals surface area contributed by atoms with Crippen LogP contribution in [-0.2, 0) is 14.8 Å². The molecule has 0 spiro atoms. The molecule has 2 atom stereocenters. The Kier molecular flexibility index (Phi) is 4.34. The zero-order valence-corrected chi connectivity index (χ0v) is 12.2. The first-order valence-corrected chi connectivity index (χ1v) is 7.64. The van der Waals surface area contributed by atoms with Crippen LogP contribution in [0.3, 0.4) is 0 Å². The molecular weight excluding hydrogens is 274 g/mol. The summed E-state index contributed by atoms with van der Waals surface area (Å²) in [6.45, 7) is 3.77. The predicted molar refractivity (Wildman–Crippen MR) is 73.3 cm³/mol. The van der Waals surface area contributed by atoms with Crippen LogP contribution >= 0.6 is 12.2 Å². The lowest BCUT2D eigenvalue weighted by atomic mass is 9.89. The van der Waals surface area contributed by atoms with Gasteiger partial charge >= 0.3 is 0 Å². The van der Waals surface area contributed by atoms with E-state index in [1.54, 1.807) is 13.8 Å². The molecule has 6 nitrogen and oxygen atoms in total. The van der Waals surface area contributed by atoms with Crippen LogP contribution in [0.1, 0.15) is 26.7 Å². The quantitative estimate of drug-likeness (QED) is 0.669. The molecule has 1 rings (SSSR count). The number of hydrogen-bond donors (Lipinski definition) is 2. The molecule has 1 heterocycles. The summed E-state index contributed by atoms with van der Waals surface area (Å²) in [5.41, 5.74) is 9.95. The van der Waals surface area contributed by atoms with Gasteiger partial charge in [0, 0.05) is 13.1 Å². The van der Waals surface area contributed by atoms with Gasteiger partial charge < -0.3 is 11.5 Å². The lowest BCUT2D eigenvalue weighted by molar-refractivity contribution is -0.126. The van der Waals surface area contributed by atoms with E-state index in [0.717, 1.165) is 0 Å². The van der Waals surface area contributed by atoms with Crippen LogP contribution < -0.4 is 11.5 Å². The molecule has 1 fully saturated rings. The summed E-state index contributed by atoms with van der Waals surface area (Å²) in [5, 5.41) is -0.872.